The van der Waals surface area contributed by atoms with E-state index in [4.69, 9.17) is 4.74 Å². The predicted octanol–water partition coefficient (Wildman–Crippen LogP) is 3.11. The van der Waals surface area contributed by atoms with E-state index in [9.17, 15) is 4.79 Å². The van der Waals surface area contributed by atoms with Crippen LogP contribution >= 0.6 is 0 Å². The second kappa shape index (κ2) is 10.1. The minimum atomic E-state index is -0.00800. The normalized spacial score (nSPS) is 18.6. The molecule has 2 aliphatic heterocycles. The van der Waals surface area contributed by atoms with Gasteiger partial charge >= 0.3 is 0 Å². The molecule has 2 saturated heterocycles. The van der Waals surface area contributed by atoms with Gasteiger partial charge < -0.3 is 19.4 Å². The number of methoxy groups -OCH3 is 1. The zero-order chi connectivity index (χ0) is 23.3. The summed E-state index contributed by atoms with van der Waals surface area (Å²) in [6.07, 6.45) is 5.42. The van der Waals surface area contributed by atoms with E-state index in [1.54, 1.807) is 19.5 Å². The van der Waals surface area contributed by atoms with Gasteiger partial charge in [-0.1, -0.05) is 12.1 Å². The maximum absolute atomic E-state index is 13.3. The Morgan fingerprint density at radius 3 is 2.53 bits per heavy atom. The molecule has 0 aliphatic carbocycles. The summed E-state index contributed by atoms with van der Waals surface area (Å²) in [6, 6.07) is 15.9. The van der Waals surface area contributed by atoms with Crippen molar-refractivity contribution in [2.45, 2.75) is 12.8 Å². The van der Waals surface area contributed by atoms with Gasteiger partial charge in [0.05, 0.1) is 24.4 Å². The number of pyridine rings is 1. The SMILES string of the molecule is COc1ccccc1N1CCN(C(=O)C2CCCN(c3ccc(-c4cccnc4)nn3)C2)CC1. The molecule has 5 rings (SSSR count). The monoisotopic (exact) mass is 458 g/mol. The number of carbonyl (C=O) groups is 1. The van der Waals surface area contributed by atoms with Gasteiger partial charge in [0.15, 0.2) is 5.82 Å². The van der Waals surface area contributed by atoms with E-state index < -0.39 is 0 Å². The number of benzene rings is 1. The summed E-state index contributed by atoms with van der Waals surface area (Å²) in [5.74, 6) is 1.95. The predicted molar refractivity (Wildman–Crippen MR) is 132 cm³/mol. The van der Waals surface area contributed by atoms with Crippen LogP contribution in [0.5, 0.6) is 5.75 Å². The van der Waals surface area contributed by atoms with Crippen LogP contribution < -0.4 is 14.5 Å². The topological polar surface area (TPSA) is 74.7 Å². The van der Waals surface area contributed by atoms with Crippen molar-refractivity contribution in [1.29, 1.82) is 0 Å². The molecule has 1 atom stereocenters. The molecule has 0 radical (unpaired) electrons. The molecule has 1 amide bonds. The molecule has 8 heteroatoms. The molecule has 8 nitrogen and oxygen atoms in total. The Balaban J connectivity index is 1.19. The first kappa shape index (κ1) is 22.1. The van der Waals surface area contributed by atoms with Crippen LogP contribution in [0.1, 0.15) is 12.8 Å². The summed E-state index contributed by atoms with van der Waals surface area (Å²) in [6.45, 7) is 4.66. The van der Waals surface area contributed by atoms with Crippen LogP contribution in [0, 0.1) is 5.92 Å². The molecule has 0 saturated carbocycles. The number of hydrogen-bond acceptors (Lipinski definition) is 7. The van der Waals surface area contributed by atoms with Gasteiger partial charge in [-0.25, -0.2) is 0 Å². The average Bonchev–Trinajstić information content (AvgIpc) is 2.93. The van der Waals surface area contributed by atoms with Crippen LogP contribution in [0.3, 0.4) is 0 Å². The molecule has 1 unspecified atom stereocenters. The van der Waals surface area contributed by atoms with Crippen molar-refractivity contribution < 1.29 is 9.53 Å². The Hall–Kier alpha value is -3.68. The zero-order valence-electron chi connectivity index (χ0n) is 19.5. The molecule has 0 spiro atoms. The molecule has 34 heavy (non-hydrogen) atoms. The molecule has 176 valence electrons. The summed E-state index contributed by atoms with van der Waals surface area (Å²) in [4.78, 5) is 24.0. The van der Waals surface area contributed by atoms with E-state index in [-0.39, 0.29) is 11.8 Å². The van der Waals surface area contributed by atoms with Crippen LogP contribution in [0.4, 0.5) is 11.5 Å². The fourth-order valence-corrected chi connectivity index (χ4v) is 4.87. The van der Waals surface area contributed by atoms with Crippen molar-refractivity contribution in [3.8, 4) is 17.0 Å². The van der Waals surface area contributed by atoms with Gasteiger partial charge in [0.2, 0.25) is 5.91 Å². The number of piperazine rings is 1. The van der Waals surface area contributed by atoms with Gasteiger partial charge in [0, 0.05) is 57.2 Å². The summed E-state index contributed by atoms with van der Waals surface area (Å²) in [5.41, 5.74) is 2.84. The van der Waals surface area contributed by atoms with Crippen LogP contribution in [0.15, 0.2) is 60.9 Å². The number of nitrogens with zero attached hydrogens (tertiary/aromatic N) is 6. The third-order valence-electron chi connectivity index (χ3n) is 6.72. The van der Waals surface area contributed by atoms with Crippen molar-refractivity contribution in [1.82, 2.24) is 20.1 Å². The Bertz CT molecular complexity index is 1100. The average molecular weight is 459 g/mol. The van der Waals surface area contributed by atoms with Crippen molar-refractivity contribution in [3.63, 3.8) is 0 Å². The van der Waals surface area contributed by atoms with Crippen LogP contribution in [-0.2, 0) is 4.79 Å². The Morgan fingerprint density at radius 1 is 0.941 bits per heavy atom. The van der Waals surface area contributed by atoms with Gasteiger partial charge in [-0.2, -0.15) is 0 Å². The number of piperidine rings is 1. The Morgan fingerprint density at radius 2 is 1.79 bits per heavy atom. The third-order valence-corrected chi connectivity index (χ3v) is 6.72. The molecule has 2 aliphatic rings. The highest BCUT2D eigenvalue weighted by Crippen LogP contribution is 2.29. The number of para-hydroxylation sites is 2. The molecule has 4 heterocycles. The molecule has 0 bridgehead atoms. The van der Waals surface area contributed by atoms with E-state index in [1.165, 1.54) is 0 Å². The van der Waals surface area contributed by atoms with Crippen LogP contribution in [0.2, 0.25) is 0 Å². The Kier molecular flexibility index (Phi) is 6.56. The Labute approximate surface area is 200 Å². The second-order valence-electron chi connectivity index (χ2n) is 8.79. The maximum atomic E-state index is 13.3. The molecular weight excluding hydrogens is 428 g/mol. The van der Waals surface area contributed by atoms with Gasteiger partial charge in [0.25, 0.3) is 0 Å². The van der Waals surface area contributed by atoms with Crippen LogP contribution in [-0.4, -0.2) is 72.4 Å². The van der Waals surface area contributed by atoms with E-state index in [0.717, 1.165) is 74.1 Å². The summed E-state index contributed by atoms with van der Waals surface area (Å²) < 4.78 is 5.51. The second-order valence-corrected chi connectivity index (χ2v) is 8.79. The lowest BCUT2D eigenvalue weighted by Crippen LogP contribution is -2.52. The van der Waals surface area contributed by atoms with Gasteiger partial charge in [-0.05, 0) is 49.2 Å². The zero-order valence-corrected chi connectivity index (χ0v) is 19.5. The summed E-state index contributed by atoms with van der Waals surface area (Å²) in [5, 5.41) is 8.84. The summed E-state index contributed by atoms with van der Waals surface area (Å²) >= 11 is 0. The highest BCUT2D eigenvalue weighted by Gasteiger charge is 2.32. The lowest BCUT2D eigenvalue weighted by Gasteiger charge is -2.40. The third kappa shape index (κ3) is 4.66. The number of aromatic nitrogens is 3. The number of ether oxygens (including phenoxy) is 1. The number of amides is 1. The first-order valence-electron chi connectivity index (χ1n) is 11.9. The first-order chi connectivity index (χ1) is 16.7. The molecule has 2 fully saturated rings. The van der Waals surface area contributed by atoms with E-state index >= 15 is 0 Å². The van der Waals surface area contributed by atoms with E-state index in [0.29, 0.717) is 6.54 Å². The quantitative estimate of drug-likeness (QED) is 0.582. The molecule has 3 aromatic rings. The number of carbonyl (C=O) groups excluding carboxylic acids is 1. The van der Waals surface area contributed by atoms with Crippen molar-refractivity contribution >= 4 is 17.4 Å². The van der Waals surface area contributed by atoms with E-state index in [1.807, 2.05) is 47.4 Å². The molecule has 0 N–H and O–H groups in total. The largest absolute Gasteiger partial charge is 0.495 e. The lowest BCUT2D eigenvalue weighted by atomic mass is 9.96. The number of rotatable bonds is 5. The van der Waals surface area contributed by atoms with Gasteiger partial charge in [-0.15, -0.1) is 10.2 Å². The van der Waals surface area contributed by atoms with Crippen molar-refractivity contribution in [2.75, 3.05) is 56.2 Å². The maximum Gasteiger partial charge on any atom is 0.227 e. The van der Waals surface area contributed by atoms with Crippen molar-refractivity contribution in [3.05, 3.63) is 60.9 Å². The highest BCUT2D eigenvalue weighted by atomic mass is 16.5. The fraction of sp³-hybridized carbons (Fsp3) is 0.385. The van der Waals surface area contributed by atoms with Gasteiger partial charge in [-0.3, -0.25) is 9.78 Å². The lowest BCUT2D eigenvalue weighted by molar-refractivity contribution is -0.136. The number of hydrogen-bond donors (Lipinski definition) is 0. The summed E-state index contributed by atoms with van der Waals surface area (Å²) in [7, 11) is 1.70. The highest BCUT2D eigenvalue weighted by molar-refractivity contribution is 5.80. The molecule has 1 aromatic carbocycles. The molecular formula is C26H30N6O2. The van der Waals surface area contributed by atoms with Crippen molar-refractivity contribution in [2.24, 2.45) is 5.92 Å². The minimum absolute atomic E-state index is 0.00800. The minimum Gasteiger partial charge on any atom is -0.495 e. The fourth-order valence-electron chi connectivity index (χ4n) is 4.87. The molecule has 2 aromatic heterocycles. The number of anilines is 2. The van der Waals surface area contributed by atoms with E-state index in [2.05, 4.69) is 31.0 Å². The first-order valence-corrected chi connectivity index (χ1v) is 11.9. The van der Waals surface area contributed by atoms with Crippen LogP contribution in [0.25, 0.3) is 11.3 Å². The van der Waals surface area contributed by atoms with Gasteiger partial charge in [0.1, 0.15) is 5.75 Å². The smallest absolute Gasteiger partial charge is 0.227 e. The standard InChI is InChI=1S/C26H30N6O2/c1-34-24-9-3-2-8-23(24)30-14-16-31(17-15-30)26(33)21-7-5-13-32(19-21)25-11-10-22(28-29-25)20-6-4-12-27-18-20/h2-4,6,8-12,18,21H,5,7,13-17,19H2,1H3.